The van der Waals surface area contributed by atoms with Crippen molar-refractivity contribution in [1.29, 1.82) is 0 Å². The third-order valence-electron chi connectivity index (χ3n) is 2.14. The lowest BCUT2D eigenvalue weighted by Crippen LogP contribution is -2.06. The number of hydrogen-bond donors (Lipinski definition) is 0. The molecule has 2 unspecified atom stereocenters. The number of hydrogen-bond acceptors (Lipinski definition) is 0. The quantitative estimate of drug-likeness (QED) is 0.707. The topological polar surface area (TPSA) is 0 Å². The zero-order chi connectivity index (χ0) is 10.0. The molecule has 0 aliphatic rings. The molecule has 0 saturated carbocycles. The van der Waals surface area contributed by atoms with Gasteiger partial charge in [0.2, 0.25) is 0 Å². The van der Waals surface area contributed by atoms with Gasteiger partial charge in [-0.2, -0.15) is 0 Å². The fourth-order valence-corrected chi connectivity index (χ4v) is 1.77. The van der Waals surface area contributed by atoms with E-state index in [1.807, 2.05) is 19.9 Å². The van der Waals surface area contributed by atoms with Crippen molar-refractivity contribution in [2.75, 3.05) is 0 Å². The lowest BCUT2D eigenvalue weighted by Gasteiger charge is -2.15. The molecule has 2 atom stereocenters. The Morgan fingerprint density at radius 1 is 1.31 bits per heavy atom. The van der Waals surface area contributed by atoms with Gasteiger partial charge in [0.25, 0.3) is 0 Å². The van der Waals surface area contributed by atoms with Gasteiger partial charge >= 0.3 is 0 Å². The Kier molecular flexibility index (Phi) is 3.92. The van der Waals surface area contributed by atoms with Crippen LogP contribution in [0.5, 0.6) is 0 Å². The number of rotatable bonds is 2. The van der Waals surface area contributed by atoms with E-state index >= 15 is 0 Å². The second-order valence-electron chi connectivity index (χ2n) is 3.13. The van der Waals surface area contributed by atoms with E-state index in [-0.39, 0.29) is 16.6 Å². The Hall–Kier alpha value is 0.110. The maximum absolute atomic E-state index is 13.3. The molecule has 0 nitrogen and oxygen atoms in total. The Morgan fingerprint density at radius 2 is 1.92 bits per heavy atom. The van der Waals surface area contributed by atoms with Gasteiger partial charge in [0.1, 0.15) is 5.82 Å². The summed E-state index contributed by atoms with van der Waals surface area (Å²) in [6, 6.07) is 5.04. The van der Waals surface area contributed by atoms with E-state index in [1.54, 1.807) is 6.07 Å². The van der Waals surface area contributed by atoms with Crippen LogP contribution in [0, 0.1) is 5.82 Å². The van der Waals surface area contributed by atoms with Crippen molar-refractivity contribution in [1.82, 2.24) is 0 Å². The molecule has 3 heteroatoms. The first kappa shape index (κ1) is 11.2. The average Bonchev–Trinajstić information content (AvgIpc) is 2.08. The van der Waals surface area contributed by atoms with Gasteiger partial charge in [-0.05, 0) is 29.7 Å². The summed E-state index contributed by atoms with van der Waals surface area (Å²) in [7, 11) is 0. The third kappa shape index (κ3) is 2.78. The minimum atomic E-state index is -0.137. The fraction of sp³-hybridized carbons (Fsp3) is 0.400. The maximum Gasteiger partial charge on any atom is 0.126 e. The lowest BCUT2D eigenvalue weighted by atomic mass is 9.98. The molecule has 0 saturated heterocycles. The molecule has 72 valence electrons. The smallest absolute Gasteiger partial charge is 0.126 e. The number of alkyl halides is 1. The Bertz CT molecular complexity index is 297. The molecule has 0 aliphatic heterocycles. The van der Waals surface area contributed by atoms with E-state index in [2.05, 4.69) is 31.9 Å². The molecule has 0 amide bonds. The van der Waals surface area contributed by atoms with Crippen LogP contribution in [0.4, 0.5) is 4.39 Å². The van der Waals surface area contributed by atoms with Gasteiger partial charge in [0.05, 0.1) is 0 Å². The Labute approximate surface area is 94.8 Å². The summed E-state index contributed by atoms with van der Waals surface area (Å²) in [4.78, 5) is 0.274. The molecule has 0 heterocycles. The molecule has 0 aromatic heterocycles. The van der Waals surface area contributed by atoms with Crippen molar-refractivity contribution in [2.24, 2.45) is 0 Å². The zero-order valence-corrected chi connectivity index (χ0v) is 10.7. The molecule has 0 aliphatic carbocycles. The average molecular weight is 310 g/mol. The highest BCUT2D eigenvalue weighted by Crippen LogP contribution is 2.28. The van der Waals surface area contributed by atoms with Crippen molar-refractivity contribution < 1.29 is 4.39 Å². The van der Waals surface area contributed by atoms with Crippen molar-refractivity contribution in [3.63, 3.8) is 0 Å². The summed E-state index contributed by atoms with van der Waals surface area (Å²) in [6.07, 6.45) is 0. The Morgan fingerprint density at radius 3 is 2.46 bits per heavy atom. The normalized spacial score (nSPS) is 15.5. The molecule has 0 spiro atoms. The second-order valence-corrected chi connectivity index (χ2v) is 5.49. The number of halogens is 3. The molecular formula is C10H11Br2F. The Balaban J connectivity index is 3.05. The zero-order valence-electron chi connectivity index (χ0n) is 7.52. The second kappa shape index (κ2) is 4.56. The van der Waals surface area contributed by atoms with Crippen LogP contribution in [0.3, 0.4) is 0 Å². The van der Waals surface area contributed by atoms with Gasteiger partial charge < -0.3 is 0 Å². The molecule has 1 rings (SSSR count). The summed E-state index contributed by atoms with van der Waals surface area (Å²) >= 11 is 6.78. The largest absolute Gasteiger partial charge is 0.207 e. The highest BCUT2D eigenvalue weighted by molar-refractivity contribution is 9.10. The van der Waals surface area contributed by atoms with Crippen LogP contribution in [-0.2, 0) is 0 Å². The first-order chi connectivity index (χ1) is 6.02. The van der Waals surface area contributed by atoms with Gasteiger partial charge in [-0.15, -0.1) is 0 Å². The van der Waals surface area contributed by atoms with Gasteiger partial charge in [-0.1, -0.05) is 45.7 Å². The van der Waals surface area contributed by atoms with Gasteiger partial charge in [0.15, 0.2) is 0 Å². The van der Waals surface area contributed by atoms with E-state index < -0.39 is 0 Å². The highest BCUT2D eigenvalue weighted by Gasteiger charge is 2.15. The minimum absolute atomic E-state index is 0.137. The molecule has 0 fully saturated rings. The third-order valence-corrected chi connectivity index (χ3v) is 3.42. The van der Waals surface area contributed by atoms with Crippen molar-refractivity contribution in [3.05, 3.63) is 34.1 Å². The lowest BCUT2D eigenvalue weighted by molar-refractivity contribution is 0.588. The van der Waals surface area contributed by atoms with E-state index in [4.69, 9.17) is 0 Å². The SMILES string of the molecule is CC(Br)C(C)c1cc(Br)ccc1F. The molecule has 1 aromatic rings. The predicted octanol–water partition coefficient (Wildman–Crippen LogP) is 4.48. The van der Waals surface area contributed by atoms with Gasteiger partial charge in [-0.3, -0.25) is 0 Å². The maximum atomic E-state index is 13.3. The van der Waals surface area contributed by atoms with Gasteiger partial charge in [0, 0.05) is 9.30 Å². The molecular weight excluding hydrogens is 299 g/mol. The minimum Gasteiger partial charge on any atom is -0.207 e. The van der Waals surface area contributed by atoms with E-state index in [1.165, 1.54) is 6.07 Å². The molecule has 0 N–H and O–H groups in total. The molecule has 0 bridgehead atoms. The van der Waals surface area contributed by atoms with Crippen LogP contribution in [0.15, 0.2) is 22.7 Å². The van der Waals surface area contributed by atoms with Crippen LogP contribution in [-0.4, -0.2) is 4.83 Å². The fourth-order valence-electron chi connectivity index (χ4n) is 1.11. The molecule has 1 aromatic carbocycles. The van der Waals surface area contributed by atoms with Gasteiger partial charge in [-0.25, -0.2) is 4.39 Å². The van der Waals surface area contributed by atoms with Crippen molar-refractivity contribution in [3.8, 4) is 0 Å². The molecule has 13 heavy (non-hydrogen) atoms. The summed E-state index contributed by atoms with van der Waals surface area (Å²) in [5.41, 5.74) is 0.749. The first-order valence-electron chi connectivity index (χ1n) is 4.11. The summed E-state index contributed by atoms with van der Waals surface area (Å²) in [5, 5.41) is 0. The standard InChI is InChI=1S/C10H11Br2F/c1-6(7(2)11)9-5-8(12)3-4-10(9)13/h3-7H,1-2H3. The summed E-state index contributed by atoms with van der Waals surface area (Å²) < 4.78 is 14.3. The van der Waals surface area contributed by atoms with Crippen LogP contribution in [0.2, 0.25) is 0 Å². The van der Waals surface area contributed by atoms with E-state index in [9.17, 15) is 4.39 Å². The van der Waals surface area contributed by atoms with E-state index in [0.29, 0.717) is 0 Å². The number of benzene rings is 1. The van der Waals surface area contributed by atoms with Crippen molar-refractivity contribution >= 4 is 31.9 Å². The van der Waals surface area contributed by atoms with Crippen LogP contribution in [0.1, 0.15) is 25.3 Å². The first-order valence-corrected chi connectivity index (χ1v) is 5.82. The van der Waals surface area contributed by atoms with Crippen molar-refractivity contribution in [2.45, 2.75) is 24.6 Å². The summed E-state index contributed by atoms with van der Waals surface area (Å²) in [6.45, 7) is 4.02. The van der Waals surface area contributed by atoms with Crippen LogP contribution < -0.4 is 0 Å². The summed E-state index contributed by atoms with van der Waals surface area (Å²) in [5.74, 6) is 0.0412. The van der Waals surface area contributed by atoms with Crippen LogP contribution >= 0.6 is 31.9 Å². The predicted molar refractivity (Wildman–Crippen MR) is 60.9 cm³/mol. The monoisotopic (exact) mass is 308 g/mol. The molecule has 0 radical (unpaired) electrons. The van der Waals surface area contributed by atoms with Crippen LogP contribution in [0.25, 0.3) is 0 Å². The highest BCUT2D eigenvalue weighted by atomic mass is 79.9. The van der Waals surface area contributed by atoms with E-state index in [0.717, 1.165) is 10.0 Å².